The van der Waals surface area contributed by atoms with E-state index in [-0.39, 0.29) is 6.04 Å². The Balaban J connectivity index is 2.12. The van der Waals surface area contributed by atoms with Crippen LogP contribution < -0.4 is 5.73 Å². The lowest BCUT2D eigenvalue weighted by Crippen LogP contribution is -2.30. The maximum atomic E-state index is 10.3. The van der Waals surface area contributed by atoms with E-state index in [0.717, 1.165) is 23.4 Å². The maximum absolute atomic E-state index is 10.3. The van der Waals surface area contributed by atoms with Gasteiger partial charge >= 0.3 is 0 Å². The molecular formula is C12H16ClNO. The molecule has 2 atom stereocenters. The van der Waals surface area contributed by atoms with E-state index in [2.05, 4.69) is 0 Å². The molecule has 2 unspecified atom stereocenters. The van der Waals surface area contributed by atoms with Crippen LogP contribution in [0.2, 0.25) is 5.02 Å². The minimum absolute atomic E-state index is 0.137. The monoisotopic (exact) mass is 225 g/mol. The molecule has 0 radical (unpaired) electrons. The van der Waals surface area contributed by atoms with E-state index in [0.29, 0.717) is 12.8 Å². The summed E-state index contributed by atoms with van der Waals surface area (Å²) in [5.74, 6) is 0. The lowest BCUT2D eigenvalue weighted by molar-refractivity contribution is 0.0469. The fraction of sp³-hybridized carbons (Fsp3) is 0.500. The van der Waals surface area contributed by atoms with E-state index in [1.54, 1.807) is 0 Å². The Labute approximate surface area is 95.1 Å². The van der Waals surface area contributed by atoms with Crippen LogP contribution in [-0.2, 0) is 6.42 Å². The summed E-state index contributed by atoms with van der Waals surface area (Å²) < 4.78 is 0. The lowest BCUT2D eigenvalue weighted by Gasteiger charge is -2.22. The first-order valence-corrected chi connectivity index (χ1v) is 5.68. The number of hydrogen-bond donors (Lipinski definition) is 2. The van der Waals surface area contributed by atoms with Crippen molar-refractivity contribution in [2.75, 3.05) is 0 Å². The Morgan fingerprint density at radius 2 is 2.20 bits per heavy atom. The highest BCUT2D eigenvalue weighted by Gasteiger charge is 2.35. The maximum Gasteiger partial charge on any atom is 0.0703 e. The topological polar surface area (TPSA) is 46.2 Å². The molecule has 1 aromatic carbocycles. The predicted molar refractivity (Wildman–Crippen MR) is 61.9 cm³/mol. The third kappa shape index (κ3) is 2.51. The molecule has 0 spiro atoms. The number of aliphatic hydroxyl groups is 1. The minimum atomic E-state index is -0.648. The van der Waals surface area contributed by atoms with Gasteiger partial charge in [-0.3, -0.25) is 0 Å². The van der Waals surface area contributed by atoms with E-state index >= 15 is 0 Å². The molecular weight excluding hydrogens is 210 g/mol. The fourth-order valence-corrected chi connectivity index (χ4v) is 2.51. The molecule has 82 valence electrons. The second-order valence-corrected chi connectivity index (χ2v) is 4.90. The number of halogens is 1. The Morgan fingerprint density at radius 3 is 2.80 bits per heavy atom. The number of rotatable bonds is 2. The molecule has 0 bridgehead atoms. The van der Waals surface area contributed by atoms with Gasteiger partial charge in [0.05, 0.1) is 5.60 Å². The lowest BCUT2D eigenvalue weighted by atomic mass is 9.93. The van der Waals surface area contributed by atoms with Crippen LogP contribution in [0.5, 0.6) is 0 Å². The van der Waals surface area contributed by atoms with Crippen molar-refractivity contribution < 1.29 is 5.11 Å². The third-order valence-corrected chi connectivity index (χ3v) is 3.47. The number of hydrogen-bond acceptors (Lipinski definition) is 2. The van der Waals surface area contributed by atoms with Crippen LogP contribution in [0.3, 0.4) is 0 Å². The summed E-state index contributed by atoms with van der Waals surface area (Å²) in [5.41, 5.74) is 6.17. The standard InChI is InChI=1S/C12H16ClNO/c13-11-4-2-1-3-9(11)7-12(15)6-5-10(14)8-12/h1-4,10,15H,5-8,14H2. The van der Waals surface area contributed by atoms with Crippen LogP contribution in [0, 0.1) is 0 Å². The van der Waals surface area contributed by atoms with Crippen molar-refractivity contribution in [1.29, 1.82) is 0 Å². The van der Waals surface area contributed by atoms with Crippen molar-refractivity contribution in [1.82, 2.24) is 0 Å². The van der Waals surface area contributed by atoms with Crippen molar-refractivity contribution in [3.63, 3.8) is 0 Å². The Hall–Kier alpha value is -0.570. The minimum Gasteiger partial charge on any atom is -0.389 e. The molecule has 2 rings (SSSR count). The first kappa shape index (κ1) is 10.9. The van der Waals surface area contributed by atoms with Gasteiger partial charge in [0.15, 0.2) is 0 Å². The molecule has 1 aliphatic rings. The van der Waals surface area contributed by atoms with Gasteiger partial charge in [0.2, 0.25) is 0 Å². The highest BCUT2D eigenvalue weighted by molar-refractivity contribution is 6.31. The van der Waals surface area contributed by atoms with Gasteiger partial charge in [-0.05, 0) is 30.9 Å². The van der Waals surface area contributed by atoms with E-state index in [1.807, 2.05) is 24.3 Å². The molecule has 0 aliphatic heterocycles. The quantitative estimate of drug-likeness (QED) is 0.810. The smallest absolute Gasteiger partial charge is 0.0703 e. The second kappa shape index (κ2) is 4.12. The normalized spacial score (nSPS) is 30.7. The van der Waals surface area contributed by atoms with Crippen LogP contribution in [0.1, 0.15) is 24.8 Å². The highest BCUT2D eigenvalue weighted by atomic mass is 35.5. The van der Waals surface area contributed by atoms with Gasteiger partial charge in [0.25, 0.3) is 0 Å². The first-order valence-electron chi connectivity index (χ1n) is 5.30. The van der Waals surface area contributed by atoms with Crippen LogP contribution in [0.25, 0.3) is 0 Å². The van der Waals surface area contributed by atoms with Crippen molar-refractivity contribution in [2.45, 2.75) is 37.3 Å². The summed E-state index contributed by atoms with van der Waals surface area (Å²) in [4.78, 5) is 0. The van der Waals surface area contributed by atoms with Gasteiger partial charge in [-0.25, -0.2) is 0 Å². The van der Waals surface area contributed by atoms with Crippen LogP contribution in [-0.4, -0.2) is 16.7 Å². The molecule has 1 aliphatic carbocycles. The number of benzene rings is 1. The average molecular weight is 226 g/mol. The van der Waals surface area contributed by atoms with Gasteiger partial charge in [0.1, 0.15) is 0 Å². The van der Waals surface area contributed by atoms with Crippen LogP contribution in [0.15, 0.2) is 24.3 Å². The molecule has 0 saturated heterocycles. The zero-order valence-corrected chi connectivity index (χ0v) is 9.37. The molecule has 15 heavy (non-hydrogen) atoms. The van der Waals surface area contributed by atoms with Crippen molar-refractivity contribution in [2.24, 2.45) is 5.73 Å². The van der Waals surface area contributed by atoms with Gasteiger partial charge < -0.3 is 10.8 Å². The zero-order valence-electron chi connectivity index (χ0n) is 8.62. The predicted octanol–water partition coefficient (Wildman–Crippen LogP) is 2.12. The molecule has 1 aromatic rings. The van der Waals surface area contributed by atoms with Gasteiger partial charge in [-0.1, -0.05) is 29.8 Å². The first-order chi connectivity index (χ1) is 7.09. The molecule has 3 N–H and O–H groups in total. The average Bonchev–Trinajstić information content (AvgIpc) is 2.51. The summed E-state index contributed by atoms with van der Waals surface area (Å²) in [5, 5.41) is 11.0. The Morgan fingerprint density at radius 1 is 1.47 bits per heavy atom. The SMILES string of the molecule is NC1CCC(O)(Cc2ccccc2Cl)C1. The summed E-state index contributed by atoms with van der Waals surface area (Å²) in [6, 6.07) is 7.80. The molecule has 0 aromatic heterocycles. The van der Waals surface area contributed by atoms with Gasteiger partial charge in [0, 0.05) is 17.5 Å². The summed E-state index contributed by atoms with van der Waals surface area (Å²) >= 11 is 6.06. The Bertz CT molecular complexity index is 355. The molecule has 3 heteroatoms. The highest BCUT2D eigenvalue weighted by Crippen LogP contribution is 2.33. The summed E-state index contributed by atoms with van der Waals surface area (Å²) in [6.07, 6.45) is 2.97. The summed E-state index contributed by atoms with van der Waals surface area (Å²) in [6.45, 7) is 0. The zero-order chi connectivity index (χ0) is 10.9. The van der Waals surface area contributed by atoms with Crippen molar-refractivity contribution in [3.05, 3.63) is 34.9 Å². The van der Waals surface area contributed by atoms with Crippen molar-refractivity contribution in [3.8, 4) is 0 Å². The number of nitrogens with two attached hydrogens (primary N) is 1. The van der Waals surface area contributed by atoms with E-state index < -0.39 is 5.60 Å². The summed E-state index contributed by atoms with van der Waals surface area (Å²) in [7, 11) is 0. The van der Waals surface area contributed by atoms with E-state index in [9.17, 15) is 5.11 Å². The Kier molecular flexibility index (Phi) is 3.01. The fourth-order valence-electron chi connectivity index (χ4n) is 2.30. The third-order valence-electron chi connectivity index (χ3n) is 3.10. The van der Waals surface area contributed by atoms with E-state index in [4.69, 9.17) is 17.3 Å². The molecule has 1 saturated carbocycles. The molecule has 1 fully saturated rings. The second-order valence-electron chi connectivity index (χ2n) is 4.50. The molecule has 0 heterocycles. The largest absolute Gasteiger partial charge is 0.389 e. The van der Waals surface area contributed by atoms with Gasteiger partial charge in [-0.2, -0.15) is 0 Å². The van der Waals surface area contributed by atoms with Crippen LogP contribution >= 0.6 is 11.6 Å². The molecule has 2 nitrogen and oxygen atoms in total. The van der Waals surface area contributed by atoms with Crippen LogP contribution in [0.4, 0.5) is 0 Å². The van der Waals surface area contributed by atoms with Gasteiger partial charge in [-0.15, -0.1) is 0 Å². The molecule has 0 amide bonds. The van der Waals surface area contributed by atoms with Crippen molar-refractivity contribution >= 4 is 11.6 Å². The van der Waals surface area contributed by atoms with E-state index in [1.165, 1.54) is 0 Å².